The van der Waals surface area contributed by atoms with Gasteiger partial charge < -0.3 is 25.0 Å². The summed E-state index contributed by atoms with van der Waals surface area (Å²) in [6.45, 7) is 4.86. The van der Waals surface area contributed by atoms with E-state index in [1.807, 2.05) is 38.1 Å². The Morgan fingerprint density at radius 1 is 1.00 bits per heavy atom. The molecular formula is C25H34N2O5Rb2. The van der Waals surface area contributed by atoms with Crippen molar-refractivity contribution in [1.82, 2.24) is 0 Å². The first-order chi connectivity index (χ1) is 15.3. The number of nitrogens with zero attached hydrogens (tertiary/aromatic N) is 2. The van der Waals surface area contributed by atoms with Crippen LogP contribution in [-0.4, -0.2) is 43.1 Å². The third kappa shape index (κ3) is 14.7. The van der Waals surface area contributed by atoms with Gasteiger partial charge in [0.15, 0.2) is 0 Å². The number of hydrogen-bond acceptors (Lipinski definition) is 5. The molecule has 176 valence electrons. The van der Waals surface area contributed by atoms with Gasteiger partial charge in [-0.15, -0.1) is 13.1 Å². The molecule has 1 aliphatic rings. The van der Waals surface area contributed by atoms with E-state index >= 15 is 0 Å². The second kappa shape index (κ2) is 20.1. The maximum Gasteiger partial charge on any atom is 1.00 e. The fourth-order valence-electron chi connectivity index (χ4n) is 3.58. The Bertz CT molecular complexity index is 784. The minimum Gasteiger partial charge on any atom is -0.653 e. The van der Waals surface area contributed by atoms with E-state index in [9.17, 15) is 19.2 Å². The van der Waals surface area contributed by atoms with Gasteiger partial charge in [-0.05, 0) is 37.2 Å². The number of benzene rings is 1. The average Bonchev–Trinajstić information content (AvgIpc) is 2.75. The molecule has 0 radical (unpaired) electrons. The van der Waals surface area contributed by atoms with Gasteiger partial charge in [0.05, 0.1) is 24.3 Å². The van der Waals surface area contributed by atoms with Gasteiger partial charge in [-0.1, -0.05) is 50.1 Å². The number of hydrogen-bond donors (Lipinski definition) is 0. The van der Waals surface area contributed by atoms with Crippen molar-refractivity contribution in [1.29, 1.82) is 0 Å². The van der Waals surface area contributed by atoms with E-state index in [1.165, 1.54) is 0 Å². The zero-order valence-electron chi connectivity index (χ0n) is 21.2. The quantitative estimate of drug-likeness (QED) is 0.195. The Kier molecular flexibility index (Phi) is 20.7. The van der Waals surface area contributed by atoms with Crippen LogP contribution in [0.3, 0.4) is 0 Å². The molecule has 0 bridgehead atoms. The summed E-state index contributed by atoms with van der Waals surface area (Å²) >= 11 is 0. The molecule has 0 aliphatic heterocycles. The molecule has 7 nitrogen and oxygen atoms in total. The van der Waals surface area contributed by atoms with Gasteiger partial charge in [-0.3, -0.25) is 9.59 Å². The van der Waals surface area contributed by atoms with Crippen LogP contribution in [0.4, 0.5) is 0 Å². The molecule has 0 N–H and O–H groups in total. The Hall–Kier alpha value is 1.07. The van der Waals surface area contributed by atoms with Gasteiger partial charge in [-0.25, -0.2) is 0 Å². The number of carbonyl (C=O) groups excluding carboxylic acids is 4. The van der Waals surface area contributed by atoms with Crippen LogP contribution in [0.25, 0.3) is 10.6 Å². The summed E-state index contributed by atoms with van der Waals surface area (Å²) in [5, 5.41) is 7.94. The van der Waals surface area contributed by atoms with Gasteiger partial charge in [0, 0.05) is 19.4 Å². The molecular weight excluding hydrogens is 579 g/mol. The summed E-state index contributed by atoms with van der Waals surface area (Å²) in [6.07, 6.45) is 4.31. The largest absolute Gasteiger partial charge is 1.00 e. The first kappa shape index (κ1) is 35.1. The molecule has 2 rings (SSSR count). The van der Waals surface area contributed by atoms with E-state index in [4.69, 9.17) is 4.74 Å². The van der Waals surface area contributed by atoms with Crippen LogP contribution in [0.2, 0.25) is 0 Å². The van der Waals surface area contributed by atoms with Gasteiger partial charge in [0.2, 0.25) is 0 Å². The van der Waals surface area contributed by atoms with E-state index in [0.717, 1.165) is 24.0 Å². The van der Waals surface area contributed by atoms with Gasteiger partial charge in [-0.2, -0.15) is 0 Å². The summed E-state index contributed by atoms with van der Waals surface area (Å²) in [7, 11) is 0. The zero-order valence-corrected chi connectivity index (χ0v) is 31.0. The number of amides is 2. The number of ether oxygens (including phenoxy) is 1. The summed E-state index contributed by atoms with van der Waals surface area (Å²) in [4.78, 5) is 47.6. The van der Waals surface area contributed by atoms with Crippen LogP contribution in [0.1, 0.15) is 63.5 Å². The van der Waals surface area contributed by atoms with Crippen LogP contribution in [0.15, 0.2) is 24.3 Å². The molecule has 1 saturated carbocycles. The Labute approximate surface area is 301 Å². The van der Waals surface area contributed by atoms with Crippen LogP contribution in [0.5, 0.6) is 0 Å². The first-order valence-corrected chi connectivity index (χ1v) is 11.5. The van der Waals surface area contributed by atoms with Crippen molar-refractivity contribution >= 4 is 23.4 Å². The predicted octanol–water partition coefficient (Wildman–Crippen LogP) is -1.68. The predicted molar refractivity (Wildman–Crippen MR) is 122 cm³/mol. The van der Waals surface area contributed by atoms with Crippen LogP contribution >= 0.6 is 0 Å². The number of ketones is 2. The van der Waals surface area contributed by atoms with Crippen molar-refractivity contribution in [2.45, 2.75) is 65.3 Å². The minimum atomic E-state index is -0.440. The Morgan fingerprint density at radius 3 is 2.32 bits per heavy atom. The molecule has 1 aliphatic carbocycles. The van der Waals surface area contributed by atoms with Crippen molar-refractivity contribution in [2.24, 2.45) is 11.8 Å². The second-order valence-electron chi connectivity index (χ2n) is 8.71. The maximum atomic E-state index is 12.4. The van der Waals surface area contributed by atoms with Gasteiger partial charge in [0.25, 0.3) is 0 Å². The third-order valence-corrected chi connectivity index (χ3v) is 5.33. The van der Waals surface area contributed by atoms with Crippen LogP contribution in [0, 0.1) is 11.8 Å². The van der Waals surface area contributed by atoms with Crippen molar-refractivity contribution in [3.8, 4) is 0 Å². The van der Waals surface area contributed by atoms with Gasteiger partial charge >= 0.3 is 116 Å². The molecule has 1 aromatic rings. The smallest absolute Gasteiger partial charge is 0.653 e. The fourth-order valence-corrected chi connectivity index (χ4v) is 3.58. The minimum absolute atomic E-state index is 0. The molecule has 1 aromatic carbocycles. The van der Waals surface area contributed by atoms with E-state index in [-0.39, 0.29) is 159 Å². The third-order valence-electron chi connectivity index (χ3n) is 5.33. The summed E-state index contributed by atoms with van der Waals surface area (Å²) < 4.78 is 5.30. The molecule has 9 heteroatoms. The zero-order chi connectivity index (χ0) is 23.3. The fraction of sp³-hybridized carbons (Fsp3) is 0.600. The number of Topliss-reactive ketones (excluding diaryl/α,β-unsaturated/α-hetero) is 2. The molecule has 34 heavy (non-hydrogen) atoms. The number of carbonyl (C=O) groups is 4. The van der Waals surface area contributed by atoms with Gasteiger partial charge in [0.1, 0.15) is 11.6 Å². The van der Waals surface area contributed by atoms with Crippen molar-refractivity contribution < 1.29 is 140 Å². The summed E-state index contributed by atoms with van der Waals surface area (Å²) in [6, 6.07) is 7.39. The molecule has 1 unspecified atom stereocenters. The van der Waals surface area contributed by atoms with E-state index in [0.29, 0.717) is 44.8 Å². The Morgan fingerprint density at radius 2 is 1.68 bits per heavy atom. The van der Waals surface area contributed by atoms with Crippen molar-refractivity contribution in [3.63, 3.8) is 0 Å². The van der Waals surface area contributed by atoms with Crippen LogP contribution < -0.4 is 116 Å². The molecule has 1 atom stereocenters. The molecule has 0 spiro atoms. The van der Waals surface area contributed by atoms with E-state index in [2.05, 4.69) is 10.6 Å². The maximum absolute atomic E-state index is 12.4. The normalized spacial score (nSPS) is 15.1. The monoisotopic (exact) mass is 612 g/mol. The second-order valence-corrected chi connectivity index (χ2v) is 8.71. The summed E-state index contributed by atoms with van der Waals surface area (Å²) in [5.74, 6) is -0.502. The topological polar surface area (TPSA) is 106 Å². The van der Waals surface area contributed by atoms with Crippen LogP contribution in [-0.2, 0) is 36.9 Å². The van der Waals surface area contributed by atoms with E-state index in [1.54, 1.807) is 0 Å². The molecule has 2 amide bonds. The van der Waals surface area contributed by atoms with Crippen molar-refractivity contribution in [2.75, 3.05) is 19.8 Å². The molecule has 0 heterocycles. The Balaban J connectivity index is 0.00000544. The standard InChI is InChI=1S/C25H36N2O5.2Rb/c1-18(2)14-24(30)26-12-5-13-32-17-25(31)27-16-20-10-8-19(9-11-20)15-23(29)21-6-3-4-7-22(21)28;;/h8-11,18,21H,3-7,12-17H2,1-2H3,(H2,26,27,30,31);;/q;2*+1/p-2. The first-order valence-electron chi connectivity index (χ1n) is 11.5. The molecule has 0 saturated heterocycles. The average molecular weight is 613 g/mol. The SMILES string of the molecule is CC(C)CC(=O)[N-]CCCOCC(=O)[N-]Cc1ccc(CC(=O)C2CCCCC2=O)cc1.[Rb+].[Rb+]. The number of rotatable bonds is 13. The van der Waals surface area contributed by atoms with Crippen molar-refractivity contribution in [3.05, 3.63) is 46.0 Å². The molecule has 0 aromatic heterocycles. The summed E-state index contributed by atoms with van der Waals surface area (Å²) in [5.41, 5.74) is 1.73. The van der Waals surface area contributed by atoms with E-state index < -0.39 is 5.92 Å². The molecule has 1 fully saturated rings.